The Balaban J connectivity index is 1.31. The Kier molecular flexibility index (Phi) is 9.95. The van der Waals surface area contributed by atoms with Crippen LogP contribution in [0.1, 0.15) is 31.1 Å². The molecule has 0 N–H and O–H groups in total. The van der Waals surface area contributed by atoms with E-state index in [1.165, 1.54) is 0 Å². The van der Waals surface area contributed by atoms with Gasteiger partial charge in [0, 0.05) is 0 Å². The van der Waals surface area contributed by atoms with E-state index in [4.69, 9.17) is 14.2 Å². The van der Waals surface area contributed by atoms with Crippen molar-refractivity contribution in [1.82, 2.24) is 0 Å². The number of carbonyl (C=O) groups excluding carboxylic acids is 3. The van der Waals surface area contributed by atoms with Crippen LogP contribution in [-0.2, 0) is 0 Å². The fraction of sp³-hybridized carbons (Fsp3) is 0. The fourth-order valence-corrected chi connectivity index (χ4v) is 10.9. The first-order valence-corrected chi connectivity index (χ1v) is 18.7. The first kappa shape index (κ1) is 33.7. The lowest BCUT2D eigenvalue weighted by molar-refractivity contribution is 0.0725. The van der Waals surface area contributed by atoms with Crippen LogP contribution < -0.4 is 35.0 Å². The van der Waals surface area contributed by atoms with E-state index in [1.807, 2.05) is 109 Å². The van der Waals surface area contributed by atoms with Crippen LogP contribution in [0.4, 0.5) is 0 Å². The molecule has 0 amide bonds. The van der Waals surface area contributed by atoms with E-state index in [2.05, 4.69) is 12.1 Å². The van der Waals surface area contributed by atoms with Crippen LogP contribution in [0.3, 0.4) is 0 Å². The number of ether oxygens (including phenoxy) is 3. The number of carbonyl (C=O) groups is 3. The standard InChI is InChI=1S/C45H32O6Si/c46-43(49-36-13-5-1-6-14-36)33-21-27-40(28-22-33)52(39-19-11-4-12-20-39,41-29-23-34(24-30-41)44(47)50-37-15-7-2-8-16-37)42-31-25-35(26-32-42)45(48)51-38-17-9-3-10-18-38/h1-32H. The Labute approximate surface area is 302 Å². The Bertz CT molecular complexity index is 2040. The van der Waals surface area contributed by atoms with Crippen molar-refractivity contribution in [3.63, 3.8) is 0 Å². The van der Waals surface area contributed by atoms with E-state index in [1.54, 1.807) is 72.8 Å². The summed E-state index contributed by atoms with van der Waals surface area (Å²) in [7, 11) is -3.15. The van der Waals surface area contributed by atoms with Crippen LogP contribution in [0.25, 0.3) is 0 Å². The van der Waals surface area contributed by atoms with Gasteiger partial charge in [0.15, 0.2) is 8.07 Å². The third-order valence-electron chi connectivity index (χ3n) is 8.73. The van der Waals surface area contributed by atoms with E-state index in [-0.39, 0.29) is 0 Å². The minimum absolute atomic E-state index is 0.404. The second kappa shape index (κ2) is 15.4. The summed E-state index contributed by atoms with van der Waals surface area (Å²) in [6.07, 6.45) is 0. The molecule has 0 saturated carbocycles. The molecular formula is C45H32O6Si. The zero-order valence-corrected chi connectivity index (χ0v) is 28.9. The Morgan fingerprint density at radius 1 is 0.288 bits per heavy atom. The summed E-state index contributed by atoms with van der Waals surface area (Å²) in [5.74, 6) is -0.0177. The number of hydrogen-bond donors (Lipinski definition) is 0. The minimum Gasteiger partial charge on any atom is -0.423 e. The van der Waals surface area contributed by atoms with Crippen molar-refractivity contribution in [2.24, 2.45) is 0 Å². The van der Waals surface area contributed by atoms with E-state index in [9.17, 15) is 14.4 Å². The van der Waals surface area contributed by atoms with E-state index >= 15 is 0 Å². The largest absolute Gasteiger partial charge is 0.423 e. The lowest BCUT2D eigenvalue weighted by Crippen LogP contribution is -2.74. The number of rotatable bonds is 10. The molecule has 0 saturated heterocycles. The summed E-state index contributed by atoms with van der Waals surface area (Å²) < 4.78 is 16.9. The highest BCUT2D eigenvalue weighted by molar-refractivity contribution is 7.19. The predicted molar refractivity (Wildman–Crippen MR) is 204 cm³/mol. The van der Waals surface area contributed by atoms with Gasteiger partial charge in [-0.3, -0.25) is 0 Å². The highest BCUT2D eigenvalue weighted by Gasteiger charge is 2.41. The van der Waals surface area contributed by atoms with Gasteiger partial charge >= 0.3 is 17.9 Å². The maximum atomic E-state index is 13.2. The molecule has 0 bridgehead atoms. The smallest absolute Gasteiger partial charge is 0.343 e. The molecule has 0 radical (unpaired) electrons. The van der Waals surface area contributed by atoms with Crippen LogP contribution in [0.15, 0.2) is 194 Å². The normalized spacial score (nSPS) is 10.9. The topological polar surface area (TPSA) is 78.9 Å². The molecule has 0 fully saturated rings. The van der Waals surface area contributed by atoms with Gasteiger partial charge in [0.05, 0.1) is 16.7 Å². The number of para-hydroxylation sites is 3. The molecule has 52 heavy (non-hydrogen) atoms. The SMILES string of the molecule is O=C(Oc1ccccc1)c1ccc([Si](c2ccccc2)(c2ccc(C(=O)Oc3ccccc3)cc2)c2ccc(C(=O)Oc3ccccc3)cc2)cc1. The van der Waals surface area contributed by atoms with E-state index < -0.39 is 26.0 Å². The lowest BCUT2D eigenvalue weighted by Gasteiger charge is -2.34. The summed E-state index contributed by atoms with van der Waals surface area (Å²) in [4.78, 5) is 39.5. The van der Waals surface area contributed by atoms with Crippen molar-refractivity contribution in [3.8, 4) is 17.2 Å². The van der Waals surface area contributed by atoms with Gasteiger partial charge in [-0.1, -0.05) is 121 Å². The van der Waals surface area contributed by atoms with Crippen LogP contribution in [-0.4, -0.2) is 26.0 Å². The predicted octanol–water partition coefficient (Wildman–Crippen LogP) is 6.72. The van der Waals surface area contributed by atoms with Crippen molar-refractivity contribution in [3.05, 3.63) is 211 Å². The Morgan fingerprint density at radius 3 is 0.788 bits per heavy atom. The number of esters is 3. The van der Waals surface area contributed by atoms with E-state index in [0.29, 0.717) is 33.9 Å². The molecule has 7 aromatic carbocycles. The van der Waals surface area contributed by atoms with Gasteiger partial charge < -0.3 is 14.2 Å². The maximum absolute atomic E-state index is 13.2. The van der Waals surface area contributed by atoms with E-state index in [0.717, 1.165) is 20.7 Å². The van der Waals surface area contributed by atoms with Gasteiger partial charge in [-0.25, -0.2) is 14.4 Å². The van der Waals surface area contributed by atoms with Gasteiger partial charge in [0.2, 0.25) is 0 Å². The average Bonchev–Trinajstić information content (AvgIpc) is 3.20. The van der Waals surface area contributed by atoms with Crippen LogP contribution in [0.2, 0.25) is 0 Å². The summed E-state index contributed by atoms with van der Waals surface area (Å²) >= 11 is 0. The third-order valence-corrected chi connectivity index (χ3v) is 13.5. The third kappa shape index (κ3) is 7.21. The highest BCUT2D eigenvalue weighted by Crippen LogP contribution is 2.17. The van der Waals surface area contributed by atoms with Crippen molar-refractivity contribution in [2.45, 2.75) is 0 Å². The zero-order valence-electron chi connectivity index (χ0n) is 27.9. The molecule has 6 nitrogen and oxygen atoms in total. The lowest BCUT2D eigenvalue weighted by atomic mass is 10.2. The van der Waals surface area contributed by atoms with Gasteiger partial charge in [0.1, 0.15) is 17.2 Å². The molecule has 0 aromatic heterocycles. The Hall–Kier alpha value is -6.83. The quantitative estimate of drug-likeness (QED) is 0.0684. The maximum Gasteiger partial charge on any atom is 0.343 e. The molecule has 0 heterocycles. The highest BCUT2D eigenvalue weighted by atomic mass is 28.3. The van der Waals surface area contributed by atoms with Crippen LogP contribution in [0.5, 0.6) is 17.2 Å². The molecular weight excluding hydrogens is 665 g/mol. The number of benzene rings is 7. The molecule has 0 unspecified atom stereocenters. The van der Waals surface area contributed by atoms with Crippen molar-refractivity contribution < 1.29 is 28.6 Å². The molecule has 0 aliphatic rings. The summed E-state index contributed by atoms with van der Waals surface area (Å²) in [5.41, 5.74) is 1.21. The van der Waals surface area contributed by atoms with Crippen molar-refractivity contribution in [1.29, 1.82) is 0 Å². The molecule has 7 rings (SSSR count). The second-order valence-corrected chi connectivity index (χ2v) is 15.8. The monoisotopic (exact) mass is 696 g/mol. The average molecular weight is 697 g/mol. The summed E-state index contributed by atoms with van der Waals surface area (Å²) in [6, 6.07) is 59.5. The van der Waals surface area contributed by atoms with Gasteiger partial charge in [0.25, 0.3) is 0 Å². The van der Waals surface area contributed by atoms with Gasteiger partial charge in [-0.2, -0.15) is 0 Å². The molecule has 0 atom stereocenters. The summed E-state index contributed by atoms with van der Waals surface area (Å²) in [6.45, 7) is 0. The van der Waals surface area contributed by atoms with Crippen LogP contribution in [0, 0.1) is 0 Å². The van der Waals surface area contributed by atoms with Crippen molar-refractivity contribution in [2.75, 3.05) is 0 Å². The number of hydrogen-bond acceptors (Lipinski definition) is 6. The minimum atomic E-state index is -3.15. The summed E-state index contributed by atoms with van der Waals surface area (Å²) in [5, 5.41) is 4.01. The molecule has 0 aliphatic carbocycles. The van der Waals surface area contributed by atoms with Crippen molar-refractivity contribution >= 4 is 46.7 Å². The molecule has 7 heteroatoms. The zero-order chi connectivity index (χ0) is 35.8. The molecule has 7 aromatic rings. The first-order chi connectivity index (χ1) is 25.5. The van der Waals surface area contributed by atoms with Gasteiger partial charge in [-0.05, 0) is 93.5 Å². The Morgan fingerprint density at radius 2 is 0.519 bits per heavy atom. The molecule has 252 valence electrons. The fourth-order valence-electron chi connectivity index (χ4n) is 6.22. The van der Waals surface area contributed by atoms with Crippen LogP contribution >= 0.6 is 0 Å². The molecule has 0 aliphatic heterocycles. The van der Waals surface area contributed by atoms with Gasteiger partial charge in [-0.15, -0.1) is 0 Å². The molecule has 0 spiro atoms. The first-order valence-electron chi connectivity index (χ1n) is 16.7. The second-order valence-electron chi connectivity index (χ2n) is 12.0.